The minimum absolute atomic E-state index is 0.0473. The molecular formula is C26H42N6O9S. The van der Waals surface area contributed by atoms with E-state index in [9.17, 15) is 38.7 Å². The summed E-state index contributed by atoms with van der Waals surface area (Å²) in [6.07, 6.45) is 1.10. The molecule has 236 valence electrons. The van der Waals surface area contributed by atoms with Crippen LogP contribution in [0.1, 0.15) is 47.0 Å². The molecule has 5 amide bonds. The van der Waals surface area contributed by atoms with Crippen LogP contribution in [0.2, 0.25) is 0 Å². The molecule has 16 heteroatoms. The van der Waals surface area contributed by atoms with E-state index in [4.69, 9.17) is 5.11 Å². The van der Waals surface area contributed by atoms with Crippen LogP contribution in [0, 0.1) is 11.8 Å². The number of carboxylic acid groups (broad SMARTS) is 2. The Labute approximate surface area is 250 Å². The molecule has 0 spiro atoms. The number of hydrogen-bond acceptors (Lipinski definition) is 9. The first-order chi connectivity index (χ1) is 19.6. The highest BCUT2D eigenvalue weighted by atomic mass is 32.1. The fraction of sp³-hybridized carbons (Fsp3) is 0.654. The molecule has 1 saturated heterocycles. The number of carbonyl (C=O) groups is 7. The summed E-state index contributed by atoms with van der Waals surface area (Å²) in [6.45, 7) is 9.74. The summed E-state index contributed by atoms with van der Waals surface area (Å²) in [5.74, 6) is -6.26. The maximum atomic E-state index is 13.0. The second-order valence-electron chi connectivity index (χ2n) is 10.7. The van der Waals surface area contributed by atoms with Gasteiger partial charge < -0.3 is 41.7 Å². The van der Waals surface area contributed by atoms with Crippen molar-refractivity contribution in [2.75, 3.05) is 25.4 Å². The minimum Gasteiger partial charge on any atom is -0.480 e. The number of nitrogens with one attached hydrogen (secondary N) is 5. The summed E-state index contributed by atoms with van der Waals surface area (Å²) in [7, 11) is 0. The number of thiol groups is 1. The molecule has 7 N–H and O–H groups in total. The van der Waals surface area contributed by atoms with Gasteiger partial charge >= 0.3 is 11.9 Å². The van der Waals surface area contributed by atoms with E-state index in [1.807, 2.05) is 13.8 Å². The highest BCUT2D eigenvalue weighted by Crippen LogP contribution is 2.19. The first kappa shape index (κ1) is 36.2. The monoisotopic (exact) mass is 614 g/mol. The average molecular weight is 615 g/mol. The number of carbonyl (C=O) groups excluding carboxylic acids is 5. The third kappa shape index (κ3) is 11.6. The molecule has 1 aliphatic heterocycles. The van der Waals surface area contributed by atoms with Gasteiger partial charge in [-0.15, -0.1) is 0 Å². The number of hydrogen-bond donors (Lipinski definition) is 8. The average Bonchev–Trinajstić information content (AvgIpc) is 3.40. The summed E-state index contributed by atoms with van der Waals surface area (Å²) >= 11 is 4.07. The van der Waals surface area contributed by atoms with Crippen molar-refractivity contribution in [3.05, 3.63) is 12.3 Å². The standard InChI is InChI=1S/C26H42N6O9S/c1-13(2)9-16(26(40)41)29-15(5)25(39)32-8-6-7-18(32)23(37)27-10-19(33)30-17(12-42)22(36)31-21(14(3)4)24(38)28-11-20(34)35/h13-14,16-18,21,29,42H,5-12H2,1-4H3,(H,27,37)(H,28,38)(H,30,33)(H,31,36)(H,34,35)(H,40,41)/t16-,17-,18-,21-/m0/s1. The van der Waals surface area contributed by atoms with Gasteiger partial charge in [-0.05, 0) is 31.1 Å². The molecule has 1 heterocycles. The topological polar surface area (TPSA) is 223 Å². The lowest BCUT2D eigenvalue weighted by Crippen LogP contribution is -2.57. The van der Waals surface area contributed by atoms with Gasteiger partial charge in [-0.1, -0.05) is 34.3 Å². The Morgan fingerprint density at radius 1 is 0.905 bits per heavy atom. The van der Waals surface area contributed by atoms with Gasteiger partial charge in [0.2, 0.25) is 23.6 Å². The lowest BCUT2D eigenvalue weighted by atomic mass is 10.0. The van der Waals surface area contributed by atoms with Crippen LogP contribution in [-0.4, -0.2) is 106 Å². The van der Waals surface area contributed by atoms with E-state index in [1.165, 1.54) is 4.90 Å². The molecule has 0 aromatic carbocycles. The predicted molar refractivity (Wildman–Crippen MR) is 154 cm³/mol. The summed E-state index contributed by atoms with van der Waals surface area (Å²) < 4.78 is 0. The van der Waals surface area contributed by atoms with Crippen LogP contribution in [0.15, 0.2) is 12.3 Å². The molecule has 1 rings (SSSR count). The first-order valence-corrected chi connectivity index (χ1v) is 14.2. The van der Waals surface area contributed by atoms with Gasteiger partial charge in [-0.25, -0.2) is 4.79 Å². The van der Waals surface area contributed by atoms with E-state index < -0.39 is 84.6 Å². The Hall–Kier alpha value is -3.82. The second-order valence-corrected chi connectivity index (χ2v) is 11.0. The van der Waals surface area contributed by atoms with Crippen molar-refractivity contribution in [2.24, 2.45) is 11.8 Å². The largest absolute Gasteiger partial charge is 0.480 e. The maximum Gasteiger partial charge on any atom is 0.326 e. The van der Waals surface area contributed by atoms with E-state index >= 15 is 0 Å². The molecular weight excluding hydrogens is 572 g/mol. The number of aliphatic carboxylic acids is 2. The molecule has 1 aliphatic rings. The fourth-order valence-electron chi connectivity index (χ4n) is 4.21. The molecule has 4 atom stereocenters. The Morgan fingerprint density at radius 2 is 1.55 bits per heavy atom. The molecule has 0 aromatic rings. The van der Waals surface area contributed by atoms with Gasteiger partial charge in [0.25, 0.3) is 5.91 Å². The van der Waals surface area contributed by atoms with Crippen molar-refractivity contribution in [1.82, 2.24) is 31.5 Å². The molecule has 15 nitrogen and oxygen atoms in total. The number of likely N-dealkylation sites (tertiary alicyclic amines) is 1. The highest BCUT2D eigenvalue weighted by Gasteiger charge is 2.36. The Bertz CT molecular complexity index is 1050. The summed E-state index contributed by atoms with van der Waals surface area (Å²) in [5, 5.41) is 30.3. The zero-order valence-electron chi connectivity index (χ0n) is 24.3. The number of carboxylic acids is 2. The normalized spacial score (nSPS) is 16.6. The third-order valence-electron chi connectivity index (χ3n) is 6.35. The molecule has 0 radical (unpaired) electrons. The maximum absolute atomic E-state index is 13.0. The lowest BCUT2D eigenvalue weighted by Gasteiger charge is -2.27. The van der Waals surface area contributed by atoms with E-state index in [0.717, 1.165) is 0 Å². The van der Waals surface area contributed by atoms with Gasteiger partial charge in [0.15, 0.2) is 0 Å². The minimum atomic E-state index is -1.25. The van der Waals surface area contributed by atoms with Gasteiger partial charge in [0.05, 0.1) is 12.2 Å². The van der Waals surface area contributed by atoms with Crippen LogP contribution >= 0.6 is 12.6 Å². The lowest BCUT2D eigenvalue weighted by molar-refractivity contribution is -0.140. The quantitative estimate of drug-likeness (QED) is 0.0696. The SMILES string of the molecule is C=C(N[C@@H](CC(C)C)C(=O)O)C(=O)N1CCC[C@H]1C(=O)NCC(=O)N[C@@H](CS)C(=O)N[C@H](C(=O)NCC(=O)O)C(C)C. The summed E-state index contributed by atoms with van der Waals surface area (Å²) in [5.41, 5.74) is -0.153. The van der Waals surface area contributed by atoms with Crippen molar-refractivity contribution >= 4 is 54.1 Å². The molecule has 1 fully saturated rings. The van der Waals surface area contributed by atoms with Crippen LogP contribution in [-0.2, 0) is 33.6 Å². The van der Waals surface area contributed by atoms with Gasteiger partial charge in [0, 0.05) is 12.3 Å². The summed E-state index contributed by atoms with van der Waals surface area (Å²) in [6, 6.07) is -4.16. The second kappa shape index (κ2) is 17.2. The molecule has 42 heavy (non-hydrogen) atoms. The smallest absolute Gasteiger partial charge is 0.326 e. The molecule has 0 saturated carbocycles. The Morgan fingerprint density at radius 3 is 2.07 bits per heavy atom. The van der Waals surface area contributed by atoms with Crippen molar-refractivity contribution in [3.8, 4) is 0 Å². The van der Waals surface area contributed by atoms with Crippen molar-refractivity contribution in [2.45, 2.75) is 71.1 Å². The first-order valence-electron chi connectivity index (χ1n) is 13.6. The van der Waals surface area contributed by atoms with Crippen LogP contribution in [0.3, 0.4) is 0 Å². The van der Waals surface area contributed by atoms with Crippen LogP contribution in [0.5, 0.6) is 0 Å². The number of rotatable bonds is 17. The Kier molecular flexibility index (Phi) is 14.8. The van der Waals surface area contributed by atoms with E-state index in [-0.39, 0.29) is 30.3 Å². The zero-order chi connectivity index (χ0) is 32.1. The predicted octanol–water partition coefficient (Wildman–Crippen LogP) is -1.55. The van der Waals surface area contributed by atoms with E-state index in [1.54, 1.807) is 13.8 Å². The molecule has 0 aromatic heterocycles. The number of amides is 5. The molecule has 0 aliphatic carbocycles. The fourth-order valence-corrected chi connectivity index (χ4v) is 4.46. The molecule has 0 bridgehead atoms. The van der Waals surface area contributed by atoms with E-state index in [2.05, 4.69) is 45.8 Å². The molecule has 0 unspecified atom stereocenters. The van der Waals surface area contributed by atoms with Crippen LogP contribution in [0.25, 0.3) is 0 Å². The van der Waals surface area contributed by atoms with E-state index in [0.29, 0.717) is 12.8 Å². The number of nitrogens with zero attached hydrogens (tertiary/aromatic N) is 1. The third-order valence-corrected chi connectivity index (χ3v) is 6.71. The van der Waals surface area contributed by atoms with Crippen LogP contribution in [0.4, 0.5) is 0 Å². The highest BCUT2D eigenvalue weighted by molar-refractivity contribution is 7.80. The zero-order valence-corrected chi connectivity index (χ0v) is 25.2. The van der Waals surface area contributed by atoms with Crippen molar-refractivity contribution in [3.63, 3.8) is 0 Å². The Balaban J connectivity index is 2.72. The van der Waals surface area contributed by atoms with Crippen LogP contribution < -0.4 is 26.6 Å². The van der Waals surface area contributed by atoms with Crippen molar-refractivity contribution < 1.29 is 43.8 Å². The summed E-state index contributed by atoms with van der Waals surface area (Å²) in [4.78, 5) is 86.9. The van der Waals surface area contributed by atoms with Gasteiger partial charge in [-0.2, -0.15) is 12.6 Å². The van der Waals surface area contributed by atoms with Gasteiger partial charge in [-0.3, -0.25) is 28.8 Å². The van der Waals surface area contributed by atoms with Gasteiger partial charge in [0.1, 0.15) is 30.7 Å². The van der Waals surface area contributed by atoms with Crippen molar-refractivity contribution in [1.29, 1.82) is 0 Å².